The Morgan fingerprint density at radius 2 is 1.94 bits per heavy atom. The van der Waals surface area contributed by atoms with Gasteiger partial charge in [-0.05, 0) is 6.42 Å². The Hall–Kier alpha value is -1.57. The second-order valence-corrected chi connectivity index (χ2v) is 4.09. The van der Waals surface area contributed by atoms with Crippen molar-refractivity contribution in [3.05, 3.63) is 54.4 Å². The van der Waals surface area contributed by atoms with Gasteiger partial charge in [-0.2, -0.15) is 4.68 Å². The Bertz CT molecular complexity index is 417. The molecule has 0 unspecified atom stereocenters. The van der Waals surface area contributed by atoms with Crippen LogP contribution in [0.1, 0.15) is 25.3 Å². The summed E-state index contributed by atoms with van der Waals surface area (Å²) in [6, 6.07) is 12.7. The van der Waals surface area contributed by atoms with E-state index < -0.39 is 0 Å². The molecule has 0 fully saturated rings. The highest BCUT2D eigenvalue weighted by Gasteiger charge is 2.07. The highest BCUT2D eigenvalue weighted by atomic mass is 15.4. The number of rotatable bonds is 5. The van der Waals surface area contributed by atoms with Gasteiger partial charge in [0.25, 0.3) is 0 Å². The summed E-state index contributed by atoms with van der Waals surface area (Å²) in [5.74, 6) is 0. The summed E-state index contributed by atoms with van der Waals surface area (Å²) >= 11 is 0. The Morgan fingerprint density at radius 1 is 1.12 bits per heavy atom. The summed E-state index contributed by atoms with van der Waals surface area (Å²) < 4.78 is 4.56. The van der Waals surface area contributed by atoms with Crippen molar-refractivity contribution in [1.29, 1.82) is 0 Å². The lowest BCUT2D eigenvalue weighted by molar-refractivity contribution is -0.768. The van der Waals surface area contributed by atoms with E-state index in [2.05, 4.69) is 65.1 Å². The number of aryl methyl sites for hydroxylation is 1. The van der Waals surface area contributed by atoms with E-state index in [1.165, 1.54) is 18.4 Å². The average Bonchev–Trinajstić information content (AvgIpc) is 2.75. The third-order valence-corrected chi connectivity index (χ3v) is 2.77. The maximum absolute atomic E-state index is 2.29. The molecular formula is C14H19N2+. The van der Waals surface area contributed by atoms with E-state index in [1.54, 1.807) is 0 Å². The molecule has 0 aliphatic heterocycles. The van der Waals surface area contributed by atoms with Gasteiger partial charge in [0, 0.05) is 11.6 Å². The van der Waals surface area contributed by atoms with Gasteiger partial charge in [-0.25, -0.2) is 0 Å². The van der Waals surface area contributed by atoms with Crippen molar-refractivity contribution < 1.29 is 4.68 Å². The first kappa shape index (κ1) is 10.9. The van der Waals surface area contributed by atoms with Gasteiger partial charge in [-0.3, -0.25) is 0 Å². The molecule has 1 aromatic heterocycles. The molecule has 2 aromatic rings. The molecule has 2 nitrogen and oxygen atoms in total. The molecule has 0 amide bonds. The normalized spacial score (nSPS) is 10.6. The molecule has 0 N–H and O–H groups in total. The smallest absolute Gasteiger partial charge is 0.161 e. The zero-order chi connectivity index (χ0) is 11.2. The van der Waals surface area contributed by atoms with Crippen LogP contribution in [-0.4, -0.2) is 4.68 Å². The molecule has 0 aliphatic carbocycles. The maximum atomic E-state index is 2.29. The number of hydrogen-bond acceptors (Lipinski definition) is 0. The fourth-order valence-corrected chi connectivity index (χ4v) is 1.85. The topological polar surface area (TPSA) is 8.81 Å². The molecule has 1 aromatic carbocycles. The second-order valence-electron chi connectivity index (χ2n) is 4.09. The van der Waals surface area contributed by atoms with Gasteiger partial charge < -0.3 is 0 Å². The fraction of sp³-hybridized carbons (Fsp3) is 0.357. The summed E-state index contributed by atoms with van der Waals surface area (Å²) in [4.78, 5) is 0. The van der Waals surface area contributed by atoms with Crippen LogP contribution in [0.25, 0.3) is 0 Å². The van der Waals surface area contributed by atoms with E-state index in [1.807, 2.05) is 0 Å². The van der Waals surface area contributed by atoms with Crippen LogP contribution < -0.4 is 4.68 Å². The Kier molecular flexibility index (Phi) is 3.76. The van der Waals surface area contributed by atoms with Gasteiger partial charge in [0.1, 0.15) is 0 Å². The zero-order valence-electron chi connectivity index (χ0n) is 9.84. The van der Waals surface area contributed by atoms with E-state index in [0.29, 0.717) is 0 Å². The molecule has 1 heterocycles. The van der Waals surface area contributed by atoms with E-state index in [0.717, 1.165) is 13.1 Å². The monoisotopic (exact) mass is 215 g/mol. The average molecular weight is 215 g/mol. The summed E-state index contributed by atoms with van der Waals surface area (Å²) in [5, 5.41) is 0. The van der Waals surface area contributed by atoms with Crippen molar-refractivity contribution in [3.8, 4) is 0 Å². The Labute approximate surface area is 97.1 Å². The SMILES string of the molecule is CCCCn1ccc[n+]1Cc1ccccc1. The van der Waals surface area contributed by atoms with Crippen molar-refractivity contribution >= 4 is 0 Å². The van der Waals surface area contributed by atoms with Crippen molar-refractivity contribution in [2.75, 3.05) is 0 Å². The van der Waals surface area contributed by atoms with Crippen LogP contribution in [0.15, 0.2) is 48.8 Å². The third-order valence-electron chi connectivity index (χ3n) is 2.77. The third kappa shape index (κ3) is 2.72. The Morgan fingerprint density at radius 3 is 2.69 bits per heavy atom. The summed E-state index contributed by atoms with van der Waals surface area (Å²) in [7, 11) is 0. The van der Waals surface area contributed by atoms with Crippen molar-refractivity contribution in [1.82, 2.24) is 4.68 Å². The molecule has 2 rings (SSSR count). The summed E-state index contributed by atoms with van der Waals surface area (Å²) in [6.07, 6.45) is 6.77. The van der Waals surface area contributed by atoms with E-state index >= 15 is 0 Å². The minimum absolute atomic E-state index is 0.956. The lowest BCUT2D eigenvalue weighted by Crippen LogP contribution is -2.42. The van der Waals surface area contributed by atoms with Gasteiger partial charge >= 0.3 is 0 Å². The molecule has 0 atom stereocenters. The minimum atomic E-state index is 0.956. The van der Waals surface area contributed by atoms with Crippen LogP contribution in [0.2, 0.25) is 0 Å². The molecule has 16 heavy (non-hydrogen) atoms. The molecule has 0 saturated heterocycles. The summed E-state index contributed by atoms with van der Waals surface area (Å²) in [5.41, 5.74) is 1.35. The number of nitrogens with zero attached hydrogens (tertiary/aromatic N) is 2. The lowest BCUT2D eigenvalue weighted by Gasteiger charge is -2.02. The molecule has 0 saturated carbocycles. The maximum Gasteiger partial charge on any atom is 0.197 e. The molecular weight excluding hydrogens is 196 g/mol. The fourth-order valence-electron chi connectivity index (χ4n) is 1.85. The first-order valence-electron chi connectivity index (χ1n) is 5.99. The minimum Gasteiger partial charge on any atom is -0.161 e. The van der Waals surface area contributed by atoms with Crippen LogP contribution in [0.4, 0.5) is 0 Å². The van der Waals surface area contributed by atoms with Gasteiger partial charge in [-0.1, -0.05) is 43.7 Å². The Balaban J connectivity index is 2.07. The highest BCUT2D eigenvalue weighted by Crippen LogP contribution is 1.98. The van der Waals surface area contributed by atoms with E-state index in [4.69, 9.17) is 0 Å². The van der Waals surface area contributed by atoms with Gasteiger partial charge in [0.05, 0.1) is 12.7 Å². The number of aromatic nitrogens is 2. The molecule has 2 heteroatoms. The van der Waals surface area contributed by atoms with E-state index in [9.17, 15) is 0 Å². The zero-order valence-corrected chi connectivity index (χ0v) is 9.84. The lowest BCUT2D eigenvalue weighted by atomic mass is 10.2. The summed E-state index contributed by atoms with van der Waals surface area (Å²) in [6.45, 7) is 4.29. The first-order chi connectivity index (χ1) is 7.90. The quantitative estimate of drug-likeness (QED) is 0.678. The van der Waals surface area contributed by atoms with Crippen LogP contribution in [0, 0.1) is 0 Å². The molecule has 84 valence electrons. The van der Waals surface area contributed by atoms with Gasteiger partial charge in [0.2, 0.25) is 0 Å². The second kappa shape index (κ2) is 5.50. The standard InChI is InChI=1S/C14H19N2/c1-2-3-10-15-11-7-12-16(15)13-14-8-5-4-6-9-14/h4-9,11-12H,2-3,10,13H2,1H3/q+1. The highest BCUT2D eigenvalue weighted by molar-refractivity contribution is 5.13. The van der Waals surface area contributed by atoms with Gasteiger partial charge in [-0.15, -0.1) is 4.68 Å². The predicted molar refractivity (Wildman–Crippen MR) is 65.1 cm³/mol. The van der Waals surface area contributed by atoms with Crippen LogP contribution in [0.5, 0.6) is 0 Å². The predicted octanol–water partition coefficient (Wildman–Crippen LogP) is 2.62. The largest absolute Gasteiger partial charge is 0.197 e. The number of unbranched alkanes of at least 4 members (excludes halogenated alkanes) is 1. The van der Waals surface area contributed by atoms with Crippen LogP contribution in [0.3, 0.4) is 0 Å². The van der Waals surface area contributed by atoms with Crippen molar-refractivity contribution in [2.24, 2.45) is 0 Å². The van der Waals surface area contributed by atoms with Crippen molar-refractivity contribution in [2.45, 2.75) is 32.9 Å². The van der Waals surface area contributed by atoms with Crippen LogP contribution in [-0.2, 0) is 13.1 Å². The van der Waals surface area contributed by atoms with E-state index in [-0.39, 0.29) is 0 Å². The number of hydrogen-bond donors (Lipinski definition) is 0. The van der Waals surface area contributed by atoms with Gasteiger partial charge in [0.15, 0.2) is 12.7 Å². The molecule has 0 bridgehead atoms. The molecule has 0 radical (unpaired) electrons. The van der Waals surface area contributed by atoms with Crippen LogP contribution >= 0.6 is 0 Å². The first-order valence-corrected chi connectivity index (χ1v) is 5.99. The van der Waals surface area contributed by atoms with Crippen molar-refractivity contribution in [3.63, 3.8) is 0 Å². The molecule has 0 aliphatic rings. The molecule has 0 spiro atoms. The number of benzene rings is 1.